The summed E-state index contributed by atoms with van der Waals surface area (Å²) in [5.41, 5.74) is -0.280. The van der Waals surface area contributed by atoms with Crippen LogP contribution in [0.5, 0.6) is 34.5 Å². The molecule has 250 valence electrons. The SMILES string of the molecule is C=CCc1cc2c(-c3c(O)c(C(=O)OC)c(OC(C)=O)c4cc(OC)c(CC=C)cc34)c(O)c(C(=O)OC)c(OC(C)=O)c2cc1OC. The molecule has 2 N–H and O–H groups in total. The van der Waals surface area contributed by atoms with E-state index < -0.39 is 46.5 Å². The molecule has 0 aliphatic carbocycles. The Balaban J connectivity index is 2.46. The Morgan fingerprint density at radius 1 is 0.625 bits per heavy atom. The Bertz CT molecular complexity index is 1880. The van der Waals surface area contributed by atoms with Crippen molar-refractivity contribution in [3.63, 3.8) is 0 Å². The van der Waals surface area contributed by atoms with Crippen molar-refractivity contribution < 1.29 is 57.8 Å². The monoisotopic (exact) mass is 658 g/mol. The van der Waals surface area contributed by atoms with E-state index in [4.69, 9.17) is 28.4 Å². The van der Waals surface area contributed by atoms with Gasteiger partial charge in [-0.2, -0.15) is 0 Å². The molecule has 48 heavy (non-hydrogen) atoms. The molecule has 0 heterocycles. The summed E-state index contributed by atoms with van der Waals surface area (Å²) in [6, 6.07) is 6.22. The van der Waals surface area contributed by atoms with Gasteiger partial charge >= 0.3 is 23.9 Å². The van der Waals surface area contributed by atoms with Crippen molar-refractivity contribution in [3.05, 3.63) is 71.8 Å². The van der Waals surface area contributed by atoms with Crippen LogP contribution in [0, 0.1) is 0 Å². The van der Waals surface area contributed by atoms with Crippen LogP contribution >= 0.6 is 0 Å². The zero-order chi connectivity index (χ0) is 35.4. The highest BCUT2D eigenvalue weighted by molar-refractivity contribution is 6.20. The Morgan fingerprint density at radius 2 is 0.979 bits per heavy atom. The number of carbonyl (C=O) groups is 4. The van der Waals surface area contributed by atoms with Crippen molar-refractivity contribution in [2.24, 2.45) is 0 Å². The van der Waals surface area contributed by atoms with Gasteiger partial charge in [-0.3, -0.25) is 9.59 Å². The number of benzene rings is 4. The number of ether oxygens (including phenoxy) is 6. The predicted octanol–water partition coefficient (Wildman–Crippen LogP) is 5.97. The first-order chi connectivity index (χ1) is 22.9. The van der Waals surface area contributed by atoms with Crippen LogP contribution in [-0.2, 0) is 31.9 Å². The third kappa shape index (κ3) is 6.07. The molecule has 4 aromatic rings. The molecular formula is C36H34O12. The molecule has 4 rings (SSSR count). The van der Waals surface area contributed by atoms with Crippen LogP contribution in [-0.4, -0.2) is 62.5 Å². The van der Waals surface area contributed by atoms with Crippen LogP contribution in [0.15, 0.2) is 49.6 Å². The quantitative estimate of drug-likeness (QED) is 0.110. The van der Waals surface area contributed by atoms with Gasteiger partial charge in [0.05, 0.1) is 28.4 Å². The molecule has 0 spiro atoms. The van der Waals surface area contributed by atoms with Gasteiger partial charge < -0.3 is 38.6 Å². The van der Waals surface area contributed by atoms with Crippen molar-refractivity contribution in [2.75, 3.05) is 28.4 Å². The van der Waals surface area contributed by atoms with Gasteiger partial charge in [-0.25, -0.2) is 9.59 Å². The van der Waals surface area contributed by atoms with E-state index in [2.05, 4.69) is 13.2 Å². The number of allylic oxidation sites excluding steroid dienone is 2. The standard InChI is InChI=1S/C36H34O12/c1-9-11-19-13-21-23(15-25(19)43-5)33(47-17(3)37)29(35(41)45-7)31(39)27(21)28-22-14-20(12-10-2)26(44-6)16-24(22)34(48-18(4)38)30(32(28)40)36(42)46-8/h9-10,13-16,39-40H,1-2,11-12H2,3-8H3. The van der Waals surface area contributed by atoms with Crippen LogP contribution in [0.3, 0.4) is 0 Å². The summed E-state index contributed by atoms with van der Waals surface area (Å²) in [5, 5.41) is 24.6. The van der Waals surface area contributed by atoms with E-state index in [-0.39, 0.29) is 57.0 Å². The summed E-state index contributed by atoms with van der Waals surface area (Å²) in [6.45, 7) is 9.83. The molecular weight excluding hydrogens is 624 g/mol. The largest absolute Gasteiger partial charge is 0.506 e. The molecule has 0 aliphatic rings. The Kier molecular flexibility index (Phi) is 10.3. The first-order valence-corrected chi connectivity index (χ1v) is 14.4. The minimum Gasteiger partial charge on any atom is -0.506 e. The maximum absolute atomic E-state index is 13.3. The second-order valence-corrected chi connectivity index (χ2v) is 10.4. The summed E-state index contributed by atoms with van der Waals surface area (Å²) in [4.78, 5) is 51.3. The van der Waals surface area contributed by atoms with E-state index in [1.807, 2.05) is 0 Å². The van der Waals surface area contributed by atoms with Gasteiger partial charge in [-0.05, 0) is 59.0 Å². The lowest BCUT2D eigenvalue weighted by Crippen LogP contribution is -2.12. The lowest BCUT2D eigenvalue weighted by Gasteiger charge is -2.23. The molecule has 12 heteroatoms. The predicted molar refractivity (Wildman–Crippen MR) is 176 cm³/mol. The number of hydrogen-bond donors (Lipinski definition) is 2. The molecule has 0 amide bonds. The average molecular weight is 659 g/mol. The van der Waals surface area contributed by atoms with Gasteiger partial charge in [0.25, 0.3) is 0 Å². The minimum absolute atomic E-state index is 0.110. The van der Waals surface area contributed by atoms with Crippen LogP contribution in [0.4, 0.5) is 0 Å². The molecule has 0 radical (unpaired) electrons. The molecule has 0 fully saturated rings. The molecule has 0 bridgehead atoms. The number of aromatic hydroxyl groups is 2. The van der Waals surface area contributed by atoms with Gasteiger partial charge in [0.15, 0.2) is 11.5 Å². The number of carbonyl (C=O) groups excluding carboxylic acids is 4. The number of phenolic OH excluding ortho intramolecular Hbond substituents is 2. The number of hydrogen-bond acceptors (Lipinski definition) is 12. The first kappa shape index (κ1) is 34.8. The smallest absolute Gasteiger partial charge is 0.345 e. The van der Waals surface area contributed by atoms with Gasteiger partial charge in [-0.15, -0.1) is 13.2 Å². The minimum atomic E-state index is -1.08. The Morgan fingerprint density at radius 3 is 1.25 bits per heavy atom. The van der Waals surface area contributed by atoms with Gasteiger partial charge in [0.1, 0.15) is 34.1 Å². The third-order valence-electron chi connectivity index (χ3n) is 7.52. The topological polar surface area (TPSA) is 164 Å². The highest BCUT2D eigenvalue weighted by atomic mass is 16.6. The molecule has 0 aromatic heterocycles. The fourth-order valence-electron chi connectivity index (χ4n) is 5.63. The average Bonchev–Trinajstić information content (AvgIpc) is 3.04. The van der Waals surface area contributed by atoms with E-state index in [1.165, 1.54) is 26.4 Å². The Hall–Kier alpha value is -6.04. The van der Waals surface area contributed by atoms with E-state index in [1.54, 1.807) is 24.3 Å². The van der Waals surface area contributed by atoms with E-state index in [9.17, 15) is 29.4 Å². The van der Waals surface area contributed by atoms with Crippen LogP contribution in [0.1, 0.15) is 45.7 Å². The van der Waals surface area contributed by atoms with Gasteiger partial charge in [-0.1, -0.05) is 12.2 Å². The number of fused-ring (bicyclic) bond motifs is 2. The maximum Gasteiger partial charge on any atom is 0.345 e. The van der Waals surface area contributed by atoms with Crippen molar-refractivity contribution in [1.82, 2.24) is 0 Å². The van der Waals surface area contributed by atoms with Crippen molar-refractivity contribution in [2.45, 2.75) is 26.7 Å². The summed E-state index contributed by atoms with van der Waals surface area (Å²) >= 11 is 0. The normalized spacial score (nSPS) is 10.7. The van der Waals surface area contributed by atoms with Gasteiger partial charge in [0, 0.05) is 35.7 Å². The fourth-order valence-corrected chi connectivity index (χ4v) is 5.63. The second-order valence-electron chi connectivity index (χ2n) is 10.4. The Labute approximate surface area is 275 Å². The summed E-state index contributed by atoms with van der Waals surface area (Å²) in [5.74, 6) is -5.30. The maximum atomic E-state index is 13.3. The lowest BCUT2D eigenvalue weighted by atomic mass is 9.86. The summed E-state index contributed by atoms with van der Waals surface area (Å²) < 4.78 is 32.2. The molecule has 0 unspecified atom stereocenters. The molecule has 0 atom stereocenters. The zero-order valence-corrected chi connectivity index (χ0v) is 27.3. The number of methoxy groups -OCH3 is 4. The third-order valence-corrected chi connectivity index (χ3v) is 7.52. The zero-order valence-electron chi connectivity index (χ0n) is 27.3. The van der Waals surface area contributed by atoms with Crippen molar-refractivity contribution >= 4 is 45.4 Å². The fraction of sp³-hybridized carbons (Fsp3) is 0.222. The highest BCUT2D eigenvalue weighted by Crippen LogP contribution is 2.55. The van der Waals surface area contributed by atoms with Crippen molar-refractivity contribution in [3.8, 4) is 45.6 Å². The van der Waals surface area contributed by atoms with Crippen molar-refractivity contribution in [1.29, 1.82) is 0 Å². The molecule has 0 saturated carbocycles. The second kappa shape index (κ2) is 14.2. The van der Waals surface area contributed by atoms with Crippen LogP contribution in [0.25, 0.3) is 32.7 Å². The summed E-state index contributed by atoms with van der Waals surface area (Å²) in [6.07, 6.45) is 3.80. The highest BCUT2D eigenvalue weighted by Gasteiger charge is 2.34. The molecule has 0 aliphatic heterocycles. The van der Waals surface area contributed by atoms with E-state index >= 15 is 0 Å². The number of rotatable bonds is 11. The lowest BCUT2D eigenvalue weighted by molar-refractivity contribution is -0.132. The van der Waals surface area contributed by atoms with E-state index in [0.717, 1.165) is 28.1 Å². The number of esters is 4. The number of phenols is 2. The first-order valence-electron chi connectivity index (χ1n) is 14.4. The van der Waals surface area contributed by atoms with Crippen LogP contribution in [0.2, 0.25) is 0 Å². The molecule has 4 aromatic carbocycles. The molecule has 0 saturated heterocycles. The molecule has 12 nitrogen and oxygen atoms in total. The summed E-state index contributed by atoms with van der Waals surface area (Å²) in [7, 11) is 4.99. The van der Waals surface area contributed by atoms with Gasteiger partial charge in [0.2, 0.25) is 0 Å². The van der Waals surface area contributed by atoms with E-state index in [0.29, 0.717) is 22.6 Å². The van der Waals surface area contributed by atoms with Crippen LogP contribution < -0.4 is 18.9 Å².